The molecule has 0 saturated heterocycles. The van der Waals surface area contributed by atoms with Crippen molar-refractivity contribution in [1.82, 2.24) is 9.88 Å². The molecule has 1 N–H and O–H groups in total. The van der Waals surface area contributed by atoms with Gasteiger partial charge in [0, 0.05) is 25.8 Å². The van der Waals surface area contributed by atoms with Gasteiger partial charge in [0.15, 0.2) is 0 Å². The van der Waals surface area contributed by atoms with E-state index in [0.29, 0.717) is 19.2 Å². The van der Waals surface area contributed by atoms with Gasteiger partial charge in [0.05, 0.1) is 10.2 Å². The van der Waals surface area contributed by atoms with Gasteiger partial charge in [-0.05, 0) is 43.7 Å². The fourth-order valence-electron chi connectivity index (χ4n) is 3.29. The van der Waals surface area contributed by atoms with Crippen LogP contribution in [0.4, 0.5) is 0 Å². The van der Waals surface area contributed by atoms with Crippen molar-refractivity contribution in [2.75, 3.05) is 19.8 Å². The Balaban J connectivity index is 1.73. The maximum atomic E-state index is 12.6. The van der Waals surface area contributed by atoms with E-state index < -0.39 is 0 Å². The number of aromatic nitrogens is 1. The predicted molar refractivity (Wildman–Crippen MR) is 90.8 cm³/mol. The van der Waals surface area contributed by atoms with Crippen LogP contribution in [0.2, 0.25) is 0 Å². The van der Waals surface area contributed by atoms with Crippen LogP contribution in [0.5, 0.6) is 0 Å². The number of fused-ring (bicyclic) bond motifs is 1. The molecule has 0 aromatic carbocycles. The van der Waals surface area contributed by atoms with E-state index in [-0.39, 0.29) is 5.91 Å². The summed E-state index contributed by atoms with van der Waals surface area (Å²) in [4.78, 5) is 12.6. The number of nitrogens with one attached hydrogen (secondary N) is 1. The van der Waals surface area contributed by atoms with Gasteiger partial charge in [0.1, 0.15) is 5.69 Å². The first-order valence-corrected chi connectivity index (χ1v) is 9.13. The Morgan fingerprint density at radius 3 is 3.05 bits per heavy atom. The molecular weight excluding hydrogens is 296 g/mol. The molecule has 1 aliphatic rings. The van der Waals surface area contributed by atoms with Crippen LogP contribution < -0.4 is 5.32 Å². The smallest absolute Gasteiger partial charge is 0.267 e. The van der Waals surface area contributed by atoms with Gasteiger partial charge in [0.25, 0.3) is 5.91 Å². The van der Waals surface area contributed by atoms with E-state index in [9.17, 15) is 4.79 Å². The van der Waals surface area contributed by atoms with Gasteiger partial charge in [-0.15, -0.1) is 11.3 Å². The van der Waals surface area contributed by atoms with Crippen molar-refractivity contribution in [3.8, 4) is 0 Å². The third-order valence-corrected chi connectivity index (χ3v) is 5.19. The lowest BCUT2D eigenvalue weighted by Gasteiger charge is -2.17. The fourth-order valence-corrected chi connectivity index (χ4v) is 4.10. The quantitative estimate of drug-likeness (QED) is 0.784. The standard InChI is InChI=1S/C17H24N2O2S/c1-2-21-10-5-9-18-17(20)15-12-16-14(8-11-22-16)19(15)13-6-3-4-7-13/h8,11-13H,2-7,9-10H2,1H3,(H,18,20). The summed E-state index contributed by atoms with van der Waals surface area (Å²) in [5.74, 6) is 0.0480. The minimum atomic E-state index is 0.0480. The molecule has 120 valence electrons. The van der Waals surface area contributed by atoms with Crippen LogP contribution in [0.15, 0.2) is 17.5 Å². The number of carbonyl (C=O) groups excluding carboxylic acids is 1. The number of hydrogen-bond acceptors (Lipinski definition) is 3. The van der Waals surface area contributed by atoms with Crippen molar-refractivity contribution in [1.29, 1.82) is 0 Å². The van der Waals surface area contributed by atoms with Crippen molar-refractivity contribution in [2.24, 2.45) is 0 Å². The van der Waals surface area contributed by atoms with E-state index in [4.69, 9.17) is 4.74 Å². The number of nitrogens with zero attached hydrogens (tertiary/aromatic N) is 1. The van der Waals surface area contributed by atoms with Crippen molar-refractivity contribution in [2.45, 2.75) is 45.1 Å². The highest BCUT2D eigenvalue weighted by molar-refractivity contribution is 7.17. The maximum absolute atomic E-state index is 12.6. The normalized spacial score (nSPS) is 15.7. The second-order valence-corrected chi connectivity index (χ2v) is 6.76. The van der Waals surface area contributed by atoms with Crippen LogP contribution in [-0.4, -0.2) is 30.2 Å². The molecular formula is C17H24N2O2S. The summed E-state index contributed by atoms with van der Waals surface area (Å²) in [5, 5.41) is 5.15. The van der Waals surface area contributed by atoms with Crippen molar-refractivity contribution < 1.29 is 9.53 Å². The monoisotopic (exact) mass is 320 g/mol. The number of rotatable bonds is 7. The third-order valence-electron chi connectivity index (χ3n) is 4.34. The molecule has 1 amide bonds. The second kappa shape index (κ2) is 7.29. The van der Waals surface area contributed by atoms with Gasteiger partial charge in [-0.2, -0.15) is 0 Å². The van der Waals surface area contributed by atoms with Crippen LogP contribution in [-0.2, 0) is 4.74 Å². The molecule has 4 nitrogen and oxygen atoms in total. The van der Waals surface area contributed by atoms with Gasteiger partial charge < -0.3 is 14.6 Å². The average Bonchev–Trinajstić information content (AvgIpc) is 3.22. The summed E-state index contributed by atoms with van der Waals surface area (Å²) < 4.78 is 8.80. The Hall–Kier alpha value is -1.33. The average molecular weight is 320 g/mol. The minimum absolute atomic E-state index is 0.0480. The molecule has 2 aromatic rings. The third kappa shape index (κ3) is 3.20. The molecule has 2 heterocycles. The van der Waals surface area contributed by atoms with Gasteiger partial charge >= 0.3 is 0 Å². The summed E-state index contributed by atoms with van der Waals surface area (Å²) in [6, 6.07) is 4.68. The molecule has 2 aromatic heterocycles. The van der Waals surface area contributed by atoms with E-state index in [0.717, 1.165) is 18.7 Å². The number of ether oxygens (including phenoxy) is 1. The highest BCUT2D eigenvalue weighted by Crippen LogP contribution is 2.36. The zero-order valence-corrected chi connectivity index (χ0v) is 14.0. The largest absolute Gasteiger partial charge is 0.382 e. The molecule has 3 rings (SSSR count). The Labute approximate surface area is 135 Å². The molecule has 0 atom stereocenters. The lowest BCUT2D eigenvalue weighted by Crippen LogP contribution is -2.28. The number of carbonyl (C=O) groups is 1. The molecule has 1 aliphatic carbocycles. The zero-order chi connectivity index (χ0) is 15.4. The lowest BCUT2D eigenvalue weighted by atomic mass is 10.2. The molecule has 0 aliphatic heterocycles. The Morgan fingerprint density at radius 1 is 1.45 bits per heavy atom. The summed E-state index contributed by atoms with van der Waals surface area (Å²) in [5.41, 5.74) is 2.04. The Bertz CT molecular complexity index is 626. The maximum Gasteiger partial charge on any atom is 0.267 e. The summed E-state index contributed by atoms with van der Waals surface area (Å²) >= 11 is 1.71. The van der Waals surface area contributed by atoms with E-state index in [2.05, 4.69) is 27.4 Å². The topological polar surface area (TPSA) is 43.3 Å². The summed E-state index contributed by atoms with van der Waals surface area (Å²) in [6.45, 7) is 4.09. The first kappa shape index (κ1) is 15.6. The van der Waals surface area contributed by atoms with Crippen LogP contribution >= 0.6 is 11.3 Å². The highest BCUT2D eigenvalue weighted by Gasteiger charge is 2.24. The highest BCUT2D eigenvalue weighted by atomic mass is 32.1. The van der Waals surface area contributed by atoms with Crippen LogP contribution in [0.3, 0.4) is 0 Å². The molecule has 1 fully saturated rings. The Kier molecular flexibility index (Phi) is 5.16. The second-order valence-electron chi connectivity index (χ2n) is 5.81. The van der Waals surface area contributed by atoms with E-state index in [1.165, 1.54) is 35.9 Å². The van der Waals surface area contributed by atoms with E-state index in [1.54, 1.807) is 11.3 Å². The van der Waals surface area contributed by atoms with Crippen LogP contribution in [0, 0.1) is 0 Å². The first-order valence-electron chi connectivity index (χ1n) is 8.25. The number of amides is 1. The van der Waals surface area contributed by atoms with Crippen molar-refractivity contribution in [3.63, 3.8) is 0 Å². The number of hydrogen-bond donors (Lipinski definition) is 1. The zero-order valence-electron chi connectivity index (χ0n) is 13.1. The molecule has 22 heavy (non-hydrogen) atoms. The number of thiophene rings is 1. The van der Waals surface area contributed by atoms with E-state index in [1.807, 2.05) is 6.92 Å². The molecule has 0 bridgehead atoms. The SMILES string of the molecule is CCOCCCNC(=O)c1cc2sccc2n1C1CCCC1. The van der Waals surface area contributed by atoms with E-state index >= 15 is 0 Å². The van der Waals surface area contributed by atoms with Crippen molar-refractivity contribution in [3.05, 3.63) is 23.2 Å². The Morgan fingerprint density at radius 2 is 2.27 bits per heavy atom. The minimum Gasteiger partial charge on any atom is -0.382 e. The van der Waals surface area contributed by atoms with Gasteiger partial charge in [0.2, 0.25) is 0 Å². The predicted octanol–water partition coefficient (Wildman–Crippen LogP) is 3.97. The van der Waals surface area contributed by atoms with Gasteiger partial charge in [-0.1, -0.05) is 12.8 Å². The molecule has 1 saturated carbocycles. The fraction of sp³-hybridized carbons (Fsp3) is 0.588. The molecule has 0 spiro atoms. The van der Waals surface area contributed by atoms with Crippen LogP contribution in [0.1, 0.15) is 55.6 Å². The van der Waals surface area contributed by atoms with Gasteiger partial charge in [-0.25, -0.2) is 0 Å². The van der Waals surface area contributed by atoms with Gasteiger partial charge in [-0.3, -0.25) is 4.79 Å². The molecule has 5 heteroatoms. The molecule has 0 radical (unpaired) electrons. The van der Waals surface area contributed by atoms with Crippen molar-refractivity contribution >= 4 is 27.5 Å². The van der Waals surface area contributed by atoms with Crippen LogP contribution in [0.25, 0.3) is 10.2 Å². The first-order chi connectivity index (χ1) is 10.8. The summed E-state index contributed by atoms with van der Waals surface area (Å²) in [7, 11) is 0. The lowest BCUT2D eigenvalue weighted by molar-refractivity contribution is 0.0933. The summed E-state index contributed by atoms with van der Waals surface area (Å²) in [6.07, 6.45) is 5.76. The molecule has 0 unspecified atom stereocenters.